The van der Waals surface area contributed by atoms with Gasteiger partial charge in [-0.05, 0) is 17.5 Å². The van der Waals surface area contributed by atoms with Crippen LogP contribution in [0.3, 0.4) is 0 Å². The summed E-state index contributed by atoms with van der Waals surface area (Å²) >= 11 is 0. The van der Waals surface area contributed by atoms with E-state index in [-0.39, 0.29) is 11.6 Å². The lowest BCUT2D eigenvalue weighted by atomic mass is 10.1. The zero-order chi connectivity index (χ0) is 14.6. The Kier molecular flexibility index (Phi) is 4.57. The standard InChI is InChI=1S/C14H19N3O2S/c1-3-11-7-5-6-8-12(11)9-16-20(18,19)14-10-15-13(4-2)17-14/h5-8,10,16H,3-4,9H2,1-2H3,(H,15,17). The molecule has 0 atom stereocenters. The van der Waals surface area contributed by atoms with Gasteiger partial charge in [0.2, 0.25) is 0 Å². The molecule has 5 nitrogen and oxygen atoms in total. The summed E-state index contributed by atoms with van der Waals surface area (Å²) in [6.07, 6.45) is 2.91. The van der Waals surface area contributed by atoms with Crippen molar-refractivity contribution in [1.82, 2.24) is 14.7 Å². The molecular weight excluding hydrogens is 274 g/mol. The minimum Gasteiger partial charge on any atom is -0.332 e. The van der Waals surface area contributed by atoms with Gasteiger partial charge in [-0.3, -0.25) is 0 Å². The molecule has 1 aromatic heterocycles. The van der Waals surface area contributed by atoms with E-state index in [0.29, 0.717) is 12.2 Å². The highest BCUT2D eigenvalue weighted by Crippen LogP contribution is 2.11. The van der Waals surface area contributed by atoms with Crippen molar-refractivity contribution in [2.75, 3.05) is 0 Å². The summed E-state index contributed by atoms with van der Waals surface area (Å²) in [7, 11) is -3.54. The third kappa shape index (κ3) is 3.26. The molecule has 0 saturated carbocycles. The first-order chi connectivity index (χ1) is 9.56. The maximum Gasteiger partial charge on any atom is 0.257 e. The molecule has 20 heavy (non-hydrogen) atoms. The van der Waals surface area contributed by atoms with Crippen LogP contribution in [0.2, 0.25) is 0 Å². The van der Waals surface area contributed by atoms with Crippen molar-refractivity contribution in [2.45, 2.75) is 38.3 Å². The summed E-state index contributed by atoms with van der Waals surface area (Å²) in [5.41, 5.74) is 2.14. The minimum absolute atomic E-state index is 0.114. The fourth-order valence-corrected chi connectivity index (χ4v) is 2.93. The molecule has 0 aliphatic rings. The molecule has 1 aromatic carbocycles. The average molecular weight is 293 g/mol. The highest BCUT2D eigenvalue weighted by Gasteiger charge is 2.16. The molecule has 2 aromatic rings. The molecule has 0 amide bonds. The SMILES string of the molecule is CCc1ncc(S(=O)(=O)NCc2ccccc2CC)[nH]1. The van der Waals surface area contributed by atoms with Crippen LogP contribution in [0.4, 0.5) is 0 Å². The summed E-state index contributed by atoms with van der Waals surface area (Å²) in [6, 6.07) is 7.81. The van der Waals surface area contributed by atoms with Crippen LogP contribution in [0.15, 0.2) is 35.5 Å². The van der Waals surface area contributed by atoms with Crippen LogP contribution in [-0.4, -0.2) is 18.4 Å². The summed E-state index contributed by atoms with van der Waals surface area (Å²) in [4.78, 5) is 6.82. The zero-order valence-corrected chi connectivity index (χ0v) is 12.5. The molecule has 2 N–H and O–H groups in total. The Bertz CT molecular complexity index is 677. The van der Waals surface area contributed by atoms with Gasteiger partial charge >= 0.3 is 0 Å². The number of aromatic nitrogens is 2. The molecule has 0 saturated heterocycles. The van der Waals surface area contributed by atoms with Crippen LogP contribution < -0.4 is 4.72 Å². The van der Waals surface area contributed by atoms with Crippen LogP contribution in [0.25, 0.3) is 0 Å². The van der Waals surface area contributed by atoms with E-state index in [4.69, 9.17) is 0 Å². The second-order valence-corrected chi connectivity index (χ2v) is 6.23. The number of rotatable bonds is 6. The number of hydrogen-bond donors (Lipinski definition) is 2. The number of benzene rings is 1. The molecule has 0 radical (unpaired) electrons. The lowest BCUT2D eigenvalue weighted by molar-refractivity contribution is 0.577. The molecule has 0 spiro atoms. The van der Waals surface area contributed by atoms with E-state index in [0.717, 1.165) is 17.5 Å². The van der Waals surface area contributed by atoms with Gasteiger partial charge in [-0.2, -0.15) is 0 Å². The third-order valence-electron chi connectivity index (χ3n) is 3.18. The topological polar surface area (TPSA) is 74.8 Å². The van der Waals surface area contributed by atoms with Gasteiger partial charge in [0, 0.05) is 13.0 Å². The Labute approximate surface area is 119 Å². The summed E-state index contributed by atoms with van der Waals surface area (Å²) in [5.74, 6) is 0.666. The van der Waals surface area contributed by atoms with E-state index in [2.05, 4.69) is 21.6 Å². The summed E-state index contributed by atoms with van der Waals surface area (Å²) in [6.45, 7) is 4.25. The van der Waals surface area contributed by atoms with Gasteiger partial charge in [-0.25, -0.2) is 18.1 Å². The van der Waals surface area contributed by atoms with Gasteiger partial charge in [0.25, 0.3) is 10.0 Å². The first-order valence-electron chi connectivity index (χ1n) is 6.67. The first kappa shape index (κ1) is 14.7. The van der Waals surface area contributed by atoms with Crippen LogP contribution in [-0.2, 0) is 29.4 Å². The maximum absolute atomic E-state index is 12.2. The van der Waals surface area contributed by atoms with E-state index in [1.54, 1.807) is 0 Å². The van der Waals surface area contributed by atoms with E-state index in [1.165, 1.54) is 6.20 Å². The second-order valence-electron chi connectivity index (χ2n) is 4.49. The Morgan fingerprint density at radius 2 is 1.85 bits per heavy atom. The van der Waals surface area contributed by atoms with Crippen molar-refractivity contribution in [3.05, 3.63) is 47.4 Å². The Morgan fingerprint density at radius 3 is 2.45 bits per heavy atom. The maximum atomic E-state index is 12.2. The molecule has 0 aliphatic heterocycles. The summed E-state index contributed by atoms with van der Waals surface area (Å²) < 4.78 is 26.9. The van der Waals surface area contributed by atoms with E-state index < -0.39 is 10.0 Å². The molecular formula is C14H19N3O2S. The number of aryl methyl sites for hydroxylation is 2. The molecule has 0 bridgehead atoms. The molecule has 1 heterocycles. The van der Waals surface area contributed by atoms with Crippen LogP contribution in [0, 0.1) is 0 Å². The second kappa shape index (κ2) is 6.19. The number of imidazole rings is 1. The number of nitrogens with one attached hydrogen (secondary N) is 2. The smallest absolute Gasteiger partial charge is 0.257 e. The first-order valence-corrected chi connectivity index (χ1v) is 8.15. The van der Waals surface area contributed by atoms with Gasteiger partial charge in [0.1, 0.15) is 5.82 Å². The number of H-pyrrole nitrogens is 1. The van der Waals surface area contributed by atoms with Crippen LogP contribution >= 0.6 is 0 Å². The van der Waals surface area contributed by atoms with Crippen molar-refractivity contribution in [3.63, 3.8) is 0 Å². The van der Waals surface area contributed by atoms with Crippen molar-refractivity contribution < 1.29 is 8.42 Å². The van der Waals surface area contributed by atoms with Gasteiger partial charge in [-0.15, -0.1) is 0 Å². The predicted molar refractivity (Wildman–Crippen MR) is 77.8 cm³/mol. The number of sulfonamides is 1. The Hall–Kier alpha value is -1.66. The van der Waals surface area contributed by atoms with Crippen molar-refractivity contribution >= 4 is 10.0 Å². The molecule has 0 unspecified atom stereocenters. The monoisotopic (exact) mass is 293 g/mol. The van der Waals surface area contributed by atoms with Crippen molar-refractivity contribution in [2.24, 2.45) is 0 Å². The highest BCUT2D eigenvalue weighted by molar-refractivity contribution is 7.89. The van der Waals surface area contributed by atoms with E-state index >= 15 is 0 Å². The fourth-order valence-electron chi connectivity index (χ4n) is 1.98. The number of aromatic amines is 1. The van der Waals surface area contributed by atoms with Crippen molar-refractivity contribution in [3.8, 4) is 0 Å². The molecule has 0 fully saturated rings. The normalized spacial score (nSPS) is 11.7. The van der Waals surface area contributed by atoms with E-state index in [1.807, 2.05) is 31.2 Å². The van der Waals surface area contributed by atoms with Gasteiger partial charge in [-0.1, -0.05) is 38.1 Å². The molecule has 108 valence electrons. The quantitative estimate of drug-likeness (QED) is 0.855. The highest BCUT2D eigenvalue weighted by atomic mass is 32.2. The fraction of sp³-hybridized carbons (Fsp3) is 0.357. The number of nitrogens with zero attached hydrogens (tertiary/aromatic N) is 1. The predicted octanol–water partition coefficient (Wildman–Crippen LogP) is 2.01. The Morgan fingerprint density at radius 1 is 1.15 bits per heavy atom. The Balaban J connectivity index is 2.13. The van der Waals surface area contributed by atoms with Gasteiger partial charge in [0.15, 0.2) is 5.03 Å². The largest absolute Gasteiger partial charge is 0.332 e. The third-order valence-corrected chi connectivity index (χ3v) is 4.49. The van der Waals surface area contributed by atoms with Crippen LogP contribution in [0.5, 0.6) is 0 Å². The lowest BCUT2D eigenvalue weighted by Gasteiger charge is -2.08. The minimum atomic E-state index is -3.54. The lowest BCUT2D eigenvalue weighted by Crippen LogP contribution is -2.24. The number of hydrogen-bond acceptors (Lipinski definition) is 3. The van der Waals surface area contributed by atoms with Crippen molar-refractivity contribution in [1.29, 1.82) is 0 Å². The molecule has 2 rings (SSSR count). The van der Waals surface area contributed by atoms with Gasteiger partial charge in [0.05, 0.1) is 6.20 Å². The molecule has 0 aliphatic carbocycles. The zero-order valence-electron chi connectivity index (χ0n) is 11.7. The average Bonchev–Trinajstić information content (AvgIpc) is 2.95. The van der Waals surface area contributed by atoms with Crippen LogP contribution in [0.1, 0.15) is 30.8 Å². The summed E-state index contributed by atoms with van der Waals surface area (Å²) in [5, 5.41) is 0.114. The van der Waals surface area contributed by atoms with Gasteiger partial charge < -0.3 is 4.98 Å². The molecule has 6 heteroatoms. The van der Waals surface area contributed by atoms with E-state index in [9.17, 15) is 8.42 Å².